The number of amides is 1. The Hall–Kier alpha value is -2.81. The third-order valence-electron chi connectivity index (χ3n) is 4.42. The molecule has 1 fully saturated rings. The molecule has 1 aromatic carbocycles. The van der Waals surface area contributed by atoms with Crippen molar-refractivity contribution in [3.63, 3.8) is 0 Å². The fraction of sp³-hybridized carbons (Fsp3) is 0.400. The Labute approximate surface area is 166 Å². The molecule has 9 heteroatoms. The van der Waals surface area contributed by atoms with Gasteiger partial charge in [0.15, 0.2) is 6.61 Å². The van der Waals surface area contributed by atoms with Crippen LogP contribution in [0.25, 0.3) is 0 Å². The summed E-state index contributed by atoms with van der Waals surface area (Å²) in [5, 5.41) is 2.69. The van der Waals surface area contributed by atoms with E-state index in [4.69, 9.17) is 9.47 Å². The highest BCUT2D eigenvalue weighted by Gasteiger charge is 2.30. The molecule has 6 nitrogen and oxygen atoms in total. The van der Waals surface area contributed by atoms with E-state index in [0.717, 1.165) is 36.6 Å². The quantitative estimate of drug-likeness (QED) is 0.795. The number of hydrogen-bond donors (Lipinski definition) is 1. The SMILES string of the molecule is C[C@@H]1CN(c2ccc(CNC(=O)COc3ccc(C(F)(F)F)cc3)cn2)CCO1. The summed E-state index contributed by atoms with van der Waals surface area (Å²) in [6, 6.07) is 7.99. The number of hydrogen-bond acceptors (Lipinski definition) is 5. The number of anilines is 1. The first-order valence-corrected chi connectivity index (χ1v) is 9.19. The molecule has 29 heavy (non-hydrogen) atoms. The molecule has 1 aliphatic rings. The van der Waals surface area contributed by atoms with E-state index < -0.39 is 11.7 Å². The van der Waals surface area contributed by atoms with Gasteiger partial charge in [0, 0.05) is 25.8 Å². The minimum absolute atomic E-state index is 0.161. The van der Waals surface area contributed by atoms with Crippen LogP contribution in [0.5, 0.6) is 5.75 Å². The molecule has 0 aliphatic carbocycles. The second-order valence-corrected chi connectivity index (χ2v) is 6.74. The minimum atomic E-state index is -4.40. The van der Waals surface area contributed by atoms with Crippen LogP contribution in [0.2, 0.25) is 0 Å². The summed E-state index contributed by atoms with van der Waals surface area (Å²) in [5.41, 5.74) is 0.0646. The van der Waals surface area contributed by atoms with Crippen molar-refractivity contribution in [2.24, 2.45) is 0 Å². The minimum Gasteiger partial charge on any atom is -0.484 e. The highest BCUT2D eigenvalue weighted by Crippen LogP contribution is 2.30. The van der Waals surface area contributed by atoms with Crippen molar-refractivity contribution in [1.29, 1.82) is 0 Å². The largest absolute Gasteiger partial charge is 0.484 e. The van der Waals surface area contributed by atoms with Crippen molar-refractivity contribution in [2.75, 3.05) is 31.2 Å². The summed E-state index contributed by atoms with van der Waals surface area (Å²) in [6.45, 7) is 4.24. The molecule has 3 rings (SSSR count). The second-order valence-electron chi connectivity index (χ2n) is 6.74. The maximum atomic E-state index is 12.5. The van der Waals surface area contributed by atoms with Crippen LogP contribution in [-0.4, -0.2) is 43.3 Å². The van der Waals surface area contributed by atoms with E-state index in [0.29, 0.717) is 6.61 Å². The van der Waals surface area contributed by atoms with Gasteiger partial charge in [-0.1, -0.05) is 6.07 Å². The van der Waals surface area contributed by atoms with Crippen LogP contribution in [-0.2, 0) is 22.3 Å². The summed E-state index contributed by atoms with van der Waals surface area (Å²) < 4.78 is 48.3. The topological polar surface area (TPSA) is 63.7 Å². The fourth-order valence-electron chi connectivity index (χ4n) is 2.88. The molecule has 1 aliphatic heterocycles. The van der Waals surface area contributed by atoms with Gasteiger partial charge in [0.05, 0.1) is 18.3 Å². The van der Waals surface area contributed by atoms with E-state index >= 15 is 0 Å². The Morgan fingerprint density at radius 3 is 2.66 bits per heavy atom. The second kappa shape index (κ2) is 9.13. The molecule has 0 unspecified atom stereocenters. The Morgan fingerprint density at radius 2 is 2.03 bits per heavy atom. The lowest BCUT2D eigenvalue weighted by atomic mass is 10.2. The zero-order valence-corrected chi connectivity index (χ0v) is 15.9. The summed E-state index contributed by atoms with van der Waals surface area (Å²) >= 11 is 0. The summed E-state index contributed by atoms with van der Waals surface area (Å²) in [7, 11) is 0. The van der Waals surface area contributed by atoms with Crippen LogP contribution in [0.3, 0.4) is 0 Å². The van der Waals surface area contributed by atoms with Gasteiger partial charge in [0.1, 0.15) is 11.6 Å². The molecular weight excluding hydrogens is 387 g/mol. The first-order chi connectivity index (χ1) is 13.8. The smallest absolute Gasteiger partial charge is 0.416 e. The monoisotopic (exact) mass is 409 g/mol. The fourth-order valence-corrected chi connectivity index (χ4v) is 2.88. The molecule has 1 N–H and O–H groups in total. The molecule has 0 spiro atoms. The first kappa shape index (κ1) is 20.9. The number of carbonyl (C=O) groups excluding carboxylic acids is 1. The van der Waals surface area contributed by atoms with Gasteiger partial charge in [-0.2, -0.15) is 13.2 Å². The number of nitrogens with zero attached hydrogens (tertiary/aromatic N) is 2. The number of nitrogens with one attached hydrogen (secondary N) is 1. The van der Waals surface area contributed by atoms with Crippen LogP contribution < -0.4 is 15.0 Å². The van der Waals surface area contributed by atoms with Crippen molar-refractivity contribution in [3.05, 3.63) is 53.7 Å². The molecule has 1 atom stereocenters. The predicted molar refractivity (Wildman–Crippen MR) is 101 cm³/mol. The average Bonchev–Trinajstić information content (AvgIpc) is 2.71. The van der Waals surface area contributed by atoms with Crippen molar-refractivity contribution in [1.82, 2.24) is 10.3 Å². The van der Waals surface area contributed by atoms with Gasteiger partial charge < -0.3 is 19.7 Å². The van der Waals surface area contributed by atoms with Gasteiger partial charge in [0.25, 0.3) is 5.91 Å². The van der Waals surface area contributed by atoms with Crippen LogP contribution in [0.15, 0.2) is 42.6 Å². The molecule has 0 bridgehead atoms. The Bertz CT molecular complexity index is 810. The van der Waals surface area contributed by atoms with Gasteiger partial charge >= 0.3 is 6.18 Å². The van der Waals surface area contributed by atoms with E-state index in [1.807, 2.05) is 19.1 Å². The highest BCUT2D eigenvalue weighted by atomic mass is 19.4. The molecule has 2 heterocycles. The lowest BCUT2D eigenvalue weighted by Crippen LogP contribution is -2.41. The van der Waals surface area contributed by atoms with E-state index in [2.05, 4.69) is 15.2 Å². The highest BCUT2D eigenvalue weighted by molar-refractivity contribution is 5.77. The van der Waals surface area contributed by atoms with Crippen LogP contribution in [0.1, 0.15) is 18.1 Å². The number of morpholine rings is 1. The van der Waals surface area contributed by atoms with E-state index in [9.17, 15) is 18.0 Å². The van der Waals surface area contributed by atoms with Crippen molar-refractivity contribution in [2.45, 2.75) is 25.7 Å². The van der Waals surface area contributed by atoms with Gasteiger partial charge in [-0.3, -0.25) is 4.79 Å². The number of ether oxygens (including phenoxy) is 2. The molecular formula is C20H22F3N3O3. The molecule has 0 saturated carbocycles. The number of aromatic nitrogens is 1. The van der Waals surface area contributed by atoms with Crippen molar-refractivity contribution < 1.29 is 27.4 Å². The molecule has 1 aromatic heterocycles. The molecule has 1 saturated heterocycles. The molecule has 2 aromatic rings. The maximum Gasteiger partial charge on any atom is 0.416 e. The van der Waals surface area contributed by atoms with Gasteiger partial charge in [0.2, 0.25) is 0 Å². The lowest BCUT2D eigenvalue weighted by Gasteiger charge is -2.32. The van der Waals surface area contributed by atoms with Crippen LogP contribution >= 0.6 is 0 Å². The standard InChI is InChI=1S/C20H22F3N3O3/c1-14-12-26(8-9-28-14)18-7-2-15(10-24-18)11-25-19(27)13-29-17-5-3-16(4-6-17)20(21,22)23/h2-7,10,14H,8-9,11-13H2,1H3,(H,25,27)/t14-/m1/s1. The maximum absolute atomic E-state index is 12.5. The Balaban J connectivity index is 1.43. The zero-order valence-electron chi connectivity index (χ0n) is 15.9. The summed E-state index contributed by atoms with van der Waals surface area (Å²) in [4.78, 5) is 18.5. The Morgan fingerprint density at radius 1 is 1.28 bits per heavy atom. The molecule has 156 valence electrons. The average molecular weight is 409 g/mol. The third-order valence-corrected chi connectivity index (χ3v) is 4.42. The number of halogens is 3. The number of pyridine rings is 1. The van der Waals surface area contributed by atoms with Gasteiger partial charge in [-0.05, 0) is 42.8 Å². The van der Waals surface area contributed by atoms with Gasteiger partial charge in [-0.25, -0.2) is 4.98 Å². The normalized spacial score (nSPS) is 17.1. The van der Waals surface area contributed by atoms with E-state index in [-0.39, 0.29) is 30.9 Å². The first-order valence-electron chi connectivity index (χ1n) is 9.19. The number of alkyl halides is 3. The number of carbonyl (C=O) groups is 1. The zero-order chi connectivity index (χ0) is 20.9. The van der Waals surface area contributed by atoms with Crippen LogP contribution in [0, 0.1) is 0 Å². The van der Waals surface area contributed by atoms with Crippen molar-refractivity contribution >= 4 is 11.7 Å². The van der Waals surface area contributed by atoms with Gasteiger partial charge in [-0.15, -0.1) is 0 Å². The lowest BCUT2D eigenvalue weighted by molar-refractivity contribution is -0.137. The van der Waals surface area contributed by atoms with E-state index in [1.54, 1.807) is 6.20 Å². The third kappa shape index (κ3) is 6.08. The number of benzene rings is 1. The summed E-state index contributed by atoms with van der Waals surface area (Å²) in [6.07, 6.45) is -2.54. The van der Waals surface area contributed by atoms with Crippen molar-refractivity contribution in [3.8, 4) is 5.75 Å². The number of rotatable bonds is 6. The predicted octanol–water partition coefficient (Wildman–Crippen LogP) is 3.02. The Kier molecular flexibility index (Phi) is 6.58. The van der Waals surface area contributed by atoms with E-state index in [1.165, 1.54) is 12.1 Å². The molecule has 1 amide bonds. The summed E-state index contributed by atoms with van der Waals surface area (Å²) in [5.74, 6) is 0.677. The van der Waals surface area contributed by atoms with Crippen LogP contribution in [0.4, 0.5) is 19.0 Å². The molecule has 0 radical (unpaired) electrons.